The second-order valence-corrected chi connectivity index (χ2v) is 4.85. The molecule has 0 fully saturated rings. The molecule has 0 saturated heterocycles. The monoisotopic (exact) mass is 272 g/mol. The highest BCUT2D eigenvalue weighted by molar-refractivity contribution is 7.98. The van der Waals surface area contributed by atoms with E-state index in [1.165, 1.54) is 12.1 Å². The molecule has 0 atom stereocenters. The number of halogens is 1. The zero-order valence-electron chi connectivity index (χ0n) is 10.7. The quantitative estimate of drug-likeness (QED) is 0.784. The molecule has 0 heterocycles. The van der Waals surface area contributed by atoms with E-state index in [9.17, 15) is 9.65 Å². The first kappa shape index (κ1) is 13.4. The fourth-order valence-corrected chi connectivity index (χ4v) is 2.45. The highest BCUT2D eigenvalue weighted by Crippen LogP contribution is 2.32. The van der Waals surface area contributed by atoms with Gasteiger partial charge in [-0.25, -0.2) is 4.39 Å². The first-order valence-corrected chi connectivity index (χ1v) is 6.96. The minimum atomic E-state index is -0.268. The van der Waals surface area contributed by atoms with Gasteiger partial charge in [-0.1, -0.05) is 6.07 Å². The number of rotatable bonds is 3. The van der Waals surface area contributed by atoms with Crippen LogP contribution in [0.2, 0.25) is 0 Å². The Morgan fingerprint density at radius 1 is 1.16 bits per heavy atom. The number of hydrogen-bond donors (Lipinski definition) is 0. The van der Waals surface area contributed by atoms with Crippen molar-refractivity contribution in [2.45, 2.75) is 4.90 Å². The van der Waals surface area contributed by atoms with Crippen molar-refractivity contribution >= 4 is 23.1 Å². The molecule has 2 aromatic rings. The van der Waals surface area contributed by atoms with Crippen LogP contribution in [0, 0.1) is 17.1 Å². The lowest BCUT2D eigenvalue weighted by Gasteiger charge is -2.21. The Morgan fingerprint density at radius 3 is 2.42 bits per heavy atom. The SMILES string of the molecule is CSc1cccc(N(C)c2ccc(F)cc2)c1C#N. The lowest BCUT2D eigenvalue weighted by molar-refractivity contribution is 0.628. The lowest BCUT2D eigenvalue weighted by Crippen LogP contribution is -2.11. The van der Waals surface area contributed by atoms with Crippen molar-refractivity contribution in [3.05, 3.63) is 53.8 Å². The van der Waals surface area contributed by atoms with Crippen LogP contribution in [0.15, 0.2) is 47.4 Å². The van der Waals surface area contributed by atoms with Gasteiger partial charge in [0.05, 0.1) is 11.3 Å². The van der Waals surface area contributed by atoms with Crippen LogP contribution in [0.1, 0.15) is 5.56 Å². The van der Waals surface area contributed by atoms with Crippen molar-refractivity contribution in [3.63, 3.8) is 0 Å². The van der Waals surface area contributed by atoms with E-state index in [0.29, 0.717) is 5.56 Å². The summed E-state index contributed by atoms with van der Waals surface area (Å²) in [5.41, 5.74) is 2.30. The maximum Gasteiger partial charge on any atom is 0.123 e. The summed E-state index contributed by atoms with van der Waals surface area (Å²) in [4.78, 5) is 2.83. The van der Waals surface area contributed by atoms with Crippen molar-refractivity contribution in [2.24, 2.45) is 0 Å². The van der Waals surface area contributed by atoms with Gasteiger partial charge in [-0.05, 0) is 42.7 Å². The molecule has 19 heavy (non-hydrogen) atoms. The van der Waals surface area contributed by atoms with E-state index in [4.69, 9.17) is 0 Å². The third-order valence-corrected chi connectivity index (χ3v) is 3.69. The number of anilines is 2. The number of hydrogen-bond acceptors (Lipinski definition) is 3. The molecule has 4 heteroatoms. The number of nitriles is 1. The van der Waals surface area contributed by atoms with Gasteiger partial charge < -0.3 is 4.90 Å². The standard InChI is InChI=1S/C15H13FN2S/c1-18(12-8-6-11(16)7-9-12)14-4-3-5-15(19-2)13(14)10-17/h3-9H,1-2H3. The predicted molar refractivity (Wildman–Crippen MR) is 77.4 cm³/mol. The van der Waals surface area contributed by atoms with Gasteiger partial charge in [0.2, 0.25) is 0 Å². The molecular formula is C15H13FN2S. The van der Waals surface area contributed by atoms with Crippen LogP contribution < -0.4 is 4.90 Å². The molecule has 0 aromatic heterocycles. The van der Waals surface area contributed by atoms with Crippen LogP contribution >= 0.6 is 11.8 Å². The van der Waals surface area contributed by atoms with Gasteiger partial charge in [0.15, 0.2) is 0 Å². The first-order chi connectivity index (χ1) is 9.17. The number of nitrogens with zero attached hydrogens (tertiary/aromatic N) is 2. The van der Waals surface area contributed by atoms with Crippen LogP contribution in [-0.4, -0.2) is 13.3 Å². The summed E-state index contributed by atoms with van der Waals surface area (Å²) in [6, 6.07) is 14.2. The van der Waals surface area contributed by atoms with Crippen molar-refractivity contribution in [1.29, 1.82) is 5.26 Å². The number of thioether (sulfide) groups is 1. The molecule has 96 valence electrons. The van der Waals surface area contributed by atoms with E-state index < -0.39 is 0 Å². The first-order valence-electron chi connectivity index (χ1n) is 5.73. The molecule has 2 aromatic carbocycles. The molecule has 2 rings (SSSR count). The highest BCUT2D eigenvalue weighted by atomic mass is 32.2. The van der Waals surface area contributed by atoms with Crippen molar-refractivity contribution in [1.82, 2.24) is 0 Å². The zero-order chi connectivity index (χ0) is 13.8. The Balaban J connectivity index is 2.47. The largest absolute Gasteiger partial charge is 0.344 e. The van der Waals surface area contributed by atoms with Gasteiger partial charge >= 0.3 is 0 Å². The Morgan fingerprint density at radius 2 is 1.84 bits per heavy atom. The van der Waals surface area contributed by atoms with Gasteiger partial charge in [0, 0.05) is 17.6 Å². The third-order valence-electron chi connectivity index (χ3n) is 2.91. The number of benzene rings is 2. The van der Waals surface area contributed by atoms with Crippen LogP contribution in [0.5, 0.6) is 0 Å². The van der Waals surface area contributed by atoms with Crippen molar-refractivity contribution in [3.8, 4) is 6.07 Å². The van der Waals surface area contributed by atoms with Crippen LogP contribution in [0.3, 0.4) is 0 Å². The van der Waals surface area contributed by atoms with E-state index in [0.717, 1.165) is 16.3 Å². The Hall–Kier alpha value is -1.99. The summed E-state index contributed by atoms with van der Waals surface area (Å²) in [6.07, 6.45) is 1.94. The Kier molecular flexibility index (Phi) is 4.08. The zero-order valence-corrected chi connectivity index (χ0v) is 11.5. The lowest BCUT2D eigenvalue weighted by atomic mass is 10.1. The van der Waals surface area contributed by atoms with Gasteiger partial charge in [-0.2, -0.15) is 5.26 Å². The van der Waals surface area contributed by atoms with E-state index >= 15 is 0 Å². The summed E-state index contributed by atoms with van der Waals surface area (Å²) >= 11 is 1.54. The summed E-state index contributed by atoms with van der Waals surface area (Å²) in [5, 5.41) is 9.32. The molecule has 0 radical (unpaired) electrons. The van der Waals surface area contributed by atoms with Gasteiger partial charge in [-0.3, -0.25) is 0 Å². The summed E-state index contributed by atoms with van der Waals surface area (Å²) in [7, 11) is 1.87. The second kappa shape index (κ2) is 5.77. The van der Waals surface area contributed by atoms with Gasteiger partial charge in [0.25, 0.3) is 0 Å². The third kappa shape index (κ3) is 2.72. The average molecular weight is 272 g/mol. The molecule has 0 N–H and O–H groups in total. The molecule has 0 aliphatic heterocycles. The summed E-state index contributed by atoms with van der Waals surface area (Å²) in [6.45, 7) is 0. The summed E-state index contributed by atoms with van der Waals surface area (Å²) < 4.78 is 12.9. The predicted octanol–water partition coefficient (Wildman–Crippen LogP) is 4.19. The van der Waals surface area contributed by atoms with Crippen molar-refractivity contribution < 1.29 is 4.39 Å². The van der Waals surface area contributed by atoms with Crippen molar-refractivity contribution in [2.75, 3.05) is 18.2 Å². The Bertz CT molecular complexity index is 617. The molecule has 0 unspecified atom stereocenters. The fraction of sp³-hybridized carbons (Fsp3) is 0.133. The van der Waals surface area contributed by atoms with E-state index in [1.807, 2.05) is 36.4 Å². The van der Waals surface area contributed by atoms with Crippen LogP contribution in [0.4, 0.5) is 15.8 Å². The van der Waals surface area contributed by atoms with Crippen LogP contribution in [0.25, 0.3) is 0 Å². The highest BCUT2D eigenvalue weighted by Gasteiger charge is 2.12. The summed E-state index contributed by atoms with van der Waals surface area (Å²) in [5.74, 6) is -0.268. The molecule has 0 saturated carbocycles. The topological polar surface area (TPSA) is 27.0 Å². The molecule has 0 bridgehead atoms. The maximum atomic E-state index is 12.9. The van der Waals surface area contributed by atoms with E-state index in [-0.39, 0.29) is 5.82 Å². The molecule has 0 spiro atoms. The van der Waals surface area contributed by atoms with E-state index in [1.54, 1.807) is 23.9 Å². The van der Waals surface area contributed by atoms with Crippen LogP contribution in [-0.2, 0) is 0 Å². The van der Waals surface area contributed by atoms with Gasteiger partial charge in [-0.15, -0.1) is 11.8 Å². The average Bonchev–Trinajstić information content (AvgIpc) is 2.46. The molecular weight excluding hydrogens is 259 g/mol. The molecule has 0 amide bonds. The molecule has 2 nitrogen and oxygen atoms in total. The maximum absolute atomic E-state index is 12.9. The van der Waals surface area contributed by atoms with E-state index in [2.05, 4.69) is 6.07 Å². The minimum Gasteiger partial charge on any atom is -0.344 e. The smallest absolute Gasteiger partial charge is 0.123 e. The second-order valence-electron chi connectivity index (χ2n) is 4.00. The molecule has 0 aliphatic rings. The minimum absolute atomic E-state index is 0.268. The fourth-order valence-electron chi connectivity index (χ4n) is 1.89. The Labute approximate surface area is 116 Å². The molecule has 0 aliphatic carbocycles. The van der Waals surface area contributed by atoms with Gasteiger partial charge in [0.1, 0.15) is 11.9 Å². The normalized spacial score (nSPS) is 10.0.